The van der Waals surface area contributed by atoms with Gasteiger partial charge in [-0.1, -0.05) is 23.7 Å². The average molecular weight is 278 g/mol. The zero-order chi connectivity index (χ0) is 13.2. The van der Waals surface area contributed by atoms with Crippen molar-refractivity contribution in [1.29, 1.82) is 0 Å². The molecule has 1 aromatic rings. The number of carbonyl (C=O) groups is 1. The Labute approximate surface area is 119 Å². The van der Waals surface area contributed by atoms with Crippen LogP contribution in [0.25, 0.3) is 0 Å². The zero-order valence-corrected chi connectivity index (χ0v) is 11.9. The van der Waals surface area contributed by atoms with E-state index in [1.807, 2.05) is 18.2 Å². The first-order valence-electron chi connectivity index (χ1n) is 7.24. The summed E-state index contributed by atoms with van der Waals surface area (Å²) in [5, 5.41) is 0.650. The maximum atomic E-state index is 12.5. The summed E-state index contributed by atoms with van der Waals surface area (Å²) in [7, 11) is 0. The Morgan fingerprint density at radius 1 is 1.32 bits per heavy atom. The van der Waals surface area contributed by atoms with Crippen LogP contribution >= 0.6 is 11.6 Å². The van der Waals surface area contributed by atoms with Crippen molar-refractivity contribution >= 4 is 17.4 Å². The molecule has 19 heavy (non-hydrogen) atoms. The zero-order valence-electron chi connectivity index (χ0n) is 11.1. The second-order valence-electron chi connectivity index (χ2n) is 5.92. The summed E-state index contributed by atoms with van der Waals surface area (Å²) >= 11 is 5.97. The molecule has 0 spiro atoms. The lowest BCUT2D eigenvalue weighted by Crippen LogP contribution is -2.39. The van der Waals surface area contributed by atoms with Crippen LogP contribution < -0.4 is 0 Å². The molecule has 0 radical (unpaired) electrons. The van der Waals surface area contributed by atoms with E-state index in [9.17, 15) is 4.79 Å². The van der Waals surface area contributed by atoms with Gasteiger partial charge in [0.05, 0.1) is 0 Å². The van der Waals surface area contributed by atoms with Crippen molar-refractivity contribution in [3.63, 3.8) is 0 Å². The Balaban J connectivity index is 1.65. The lowest BCUT2D eigenvalue weighted by molar-refractivity contribution is 0.0814. The molecule has 1 saturated heterocycles. The van der Waals surface area contributed by atoms with E-state index < -0.39 is 0 Å². The fourth-order valence-electron chi connectivity index (χ4n) is 2.98. The Kier molecular flexibility index (Phi) is 3.90. The van der Waals surface area contributed by atoms with Crippen molar-refractivity contribution in [2.75, 3.05) is 19.6 Å². The molecule has 1 saturated carbocycles. The molecule has 0 N–H and O–H groups in total. The molecule has 0 unspecified atom stereocenters. The van der Waals surface area contributed by atoms with Gasteiger partial charge >= 0.3 is 0 Å². The third-order valence-electron chi connectivity index (χ3n) is 4.20. The van der Waals surface area contributed by atoms with Crippen LogP contribution in [0.3, 0.4) is 0 Å². The Bertz CT molecular complexity index is 470. The third-order valence-corrected chi connectivity index (χ3v) is 4.43. The van der Waals surface area contributed by atoms with Gasteiger partial charge in [0.1, 0.15) is 0 Å². The normalized spacial score (nSPS) is 24.4. The molecule has 0 amide bonds. The van der Waals surface area contributed by atoms with Crippen LogP contribution in [-0.4, -0.2) is 30.3 Å². The summed E-state index contributed by atoms with van der Waals surface area (Å²) in [4.78, 5) is 15.0. The fraction of sp³-hybridized carbons (Fsp3) is 0.562. The standard InChI is InChI=1S/C16H20ClNO/c17-15-5-1-3-13(9-15)16(19)14-4-2-8-18(11-14)10-12-6-7-12/h1,3,5,9,12,14H,2,4,6-8,10-11H2/t14-/m1/s1. The van der Waals surface area contributed by atoms with Crippen LogP contribution in [0.15, 0.2) is 24.3 Å². The molecule has 3 rings (SSSR count). The van der Waals surface area contributed by atoms with Gasteiger partial charge in [0, 0.05) is 29.6 Å². The van der Waals surface area contributed by atoms with E-state index in [4.69, 9.17) is 11.6 Å². The van der Waals surface area contributed by atoms with E-state index >= 15 is 0 Å². The number of ketones is 1. The van der Waals surface area contributed by atoms with E-state index in [2.05, 4.69) is 4.90 Å². The summed E-state index contributed by atoms with van der Waals surface area (Å²) in [6, 6.07) is 7.36. The SMILES string of the molecule is O=C(c1cccc(Cl)c1)[C@@H]1CCCN(CC2CC2)C1. The second-order valence-corrected chi connectivity index (χ2v) is 6.35. The molecule has 0 aromatic heterocycles. The number of likely N-dealkylation sites (tertiary alicyclic amines) is 1. The summed E-state index contributed by atoms with van der Waals surface area (Å²) in [6.45, 7) is 3.29. The summed E-state index contributed by atoms with van der Waals surface area (Å²) in [5.41, 5.74) is 0.769. The summed E-state index contributed by atoms with van der Waals surface area (Å²) in [6.07, 6.45) is 4.92. The van der Waals surface area contributed by atoms with Crippen LogP contribution in [-0.2, 0) is 0 Å². The topological polar surface area (TPSA) is 20.3 Å². The molecule has 102 valence electrons. The Morgan fingerprint density at radius 3 is 2.89 bits per heavy atom. The number of benzene rings is 1. The highest BCUT2D eigenvalue weighted by Crippen LogP contribution is 2.31. The van der Waals surface area contributed by atoms with Gasteiger partial charge in [-0.3, -0.25) is 4.79 Å². The number of carbonyl (C=O) groups excluding carboxylic acids is 1. The van der Waals surface area contributed by atoms with Crippen LogP contribution in [0.1, 0.15) is 36.0 Å². The fourth-order valence-corrected chi connectivity index (χ4v) is 3.17. The average Bonchev–Trinajstić information content (AvgIpc) is 3.22. The Morgan fingerprint density at radius 2 is 2.16 bits per heavy atom. The van der Waals surface area contributed by atoms with Crippen LogP contribution in [0.5, 0.6) is 0 Å². The molecule has 3 heteroatoms. The van der Waals surface area contributed by atoms with Crippen molar-refractivity contribution in [3.8, 4) is 0 Å². The highest BCUT2D eigenvalue weighted by Gasteiger charge is 2.30. The van der Waals surface area contributed by atoms with Gasteiger partial charge in [-0.2, -0.15) is 0 Å². The smallest absolute Gasteiger partial charge is 0.167 e. The second kappa shape index (κ2) is 5.64. The van der Waals surface area contributed by atoms with Crippen molar-refractivity contribution in [3.05, 3.63) is 34.9 Å². The highest BCUT2D eigenvalue weighted by molar-refractivity contribution is 6.31. The third kappa shape index (κ3) is 3.37. The molecule has 1 heterocycles. The lowest BCUT2D eigenvalue weighted by atomic mass is 9.90. The monoisotopic (exact) mass is 277 g/mol. The summed E-state index contributed by atoms with van der Waals surface area (Å²) in [5.74, 6) is 1.33. The first-order valence-corrected chi connectivity index (χ1v) is 7.62. The van der Waals surface area contributed by atoms with Gasteiger partial charge in [-0.25, -0.2) is 0 Å². The number of piperidine rings is 1. The largest absolute Gasteiger partial charge is 0.302 e. The van der Waals surface area contributed by atoms with E-state index in [0.29, 0.717) is 5.02 Å². The molecule has 2 aliphatic rings. The van der Waals surface area contributed by atoms with E-state index in [0.717, 1.165) is 37.4 Å². The molecule has 1 aliphatic heterocycles. The van der Waals surface area contributed by atoms with Gasteiger partial charge in [0.25, 0.3) is 0 Å². The van der Waals surface area contributed by atoms with Crippen molar-refractivity contribution in [2.45, 2.75) is 25.7 Å². The number of nitrogens with zero attached hydrogens (tertiary/aromatic N) is 1. The van der Waals surface area contributed by atoms with E-state index in [1.165, 1.54) is 19.4 Å². The maximum Gasteiger partial charge on any atom is 0.167 e. The minimum absolute atomic E-state index is 0.158. The molecular formula is C16H20ClNO. The summed E-state index contributed by atoms with van der Waals surface area (Å²) < 4.78 is 0. The number of hydrogen-bond acceptors (Lipinski definition) is 2. The minimum atomic E-state index is 0.158. The van der Waals surface area contributed by atoms with Crippen molar-refractivity contribution in [2.24, 2.45) is 11.8 Å². The Hall–Kier alpha value is -0.860. The number of halogens is 1. The molecule has 0 bridgehead atoms. The van der Waals surface area contributed by atoms with Crippen molar-refractivity contribution < 1.29 is 4.79 Å². The predicted molar refractivity (Wildman–Crippen MR) is 77.7 cm³/mol. The van der Waals surface area contributed by atoms with Crippen molar-refractivity contribution in [1.82, 2.24) is 4.90 Å². The quantitative estimate of drug-likeness (QED) is 0.783. The maximum absolute atomic E-state index is 12.5. The number of hydrogen-bond donors (Lipinski definition) is 0. The first kappa shape index (κ1) is 13.1. The molecule has 2 nitrogen and oxygen atoms in total. The molecule has 2 fully saturated rings. The van der Waals surface area contributed by atoms with Crippen LogP contribution in [0.4, 0.5) is 0 Å². The molecule has 1 atom stereocenters. The number of Topliss-reactive ketones (excluding diaryl/α,β-unsaturated/α-hetero) is 1. The van der Waals surface area contributed by atoms with Gasteiger partial charge < -0.3 is 4.90 Å². The van der Waals surface area contributed by atoms with Crippen LogP contribution in [0.2, 0.25) is 5.02 Å². The van der Waals surface area contributed by atoms with Gasteiger partial charge in [0.2, 0.25) is 0 Å². The highest BCUT2D eigenvalue weighted by atomic mass is 35.5. The van der Waals surface area contributed by atoms with Gasteiger partial charge in [0.15, 0.2) is 5.78 Å². The van der Waals surface area contributed by atoms with Crippen LogP contribution in [0, 0.1) is 11.8 Å². The molecular weight excluding hydrogens is 258 g/mol. The van der Waals surface area contributed by atoms with E-state index in [-0.39, 0.29) is 11.7 Å². The van der Waals surface area contributed by atoms with Gasteiger partial charge in [-0.05, 0) is 50.3 Å². The van der Waals surface area contributed by atoms with E-state index in [1.54, 1.807) is 6.07 Å². The predicted octanol–water partition coefficient (Wildman–Crippen LogP) is 3.64. The first-order chi connectivity index (χ1) is 9.22. The minimum Gasteiger partial charge on any atom is -0.302 e. The van der Waals surface area contributed by atoms with Gasteiger partial charge in [-0.15, -0.1) is 0 Å². The molecule has 1 aliphatic carbocycles. The number of rotatable bonds is 4. The lowest BCUT2D eigenvalue weighted by Gasteiger charge is -2.32. The molecule has 1 aromatic carbocycles.